The number of carbonyl (C=O) groups excluding carboxylic acids is 2. The van der Waals surface area contributed by atoms with Crippen molar-refractivity contribution in [1.29, 1.82) is 0 Å². The molecule has 1 aliphatic rings. The lowest BCUT2D eigenvalue weighted by atomic mass is 9.92. The van der Waals surface area contributed by atoms with Crippen LogP contribution in [0.25, 0.3) is 0 Å². The lowest BCUT2D eigenvalue weighted by Gasteiger charge is -2.38. The van der Waals surface area contributed by atoms with Crippen molar-refractivity contribution >= 4 is 12.0 Å². The second kappa shape index (κ2) is 6.95. The predicted octanol–water partition coefficient (Wildman–Crippen LogP) is 2.55. The summed E-state index contributed by atoms with van der Waals surface area (Å²) in [6.07, 6.45) is 2.06. The van der Waals surface area contributed by atoms with Crippen LogP contribution in [-0.2, 0) is 9.53 Å². The number of nitrogens with one attached hydrogen (secondary N) is 1. The number of hydrogen-bond donors (Lipinski definition) is 1. The Balaban J connectivity index is 2.53. The molecule has 0 radical (unpaired) electrons. The maximum absolute atomic E-state index is 11.9. The van der Waals surface area contributed by atoms with Gasteiger partial charge in [0.1, 0.15) is 5.60 Å². The van der Waals surface area contributed by atoms with Crippen LogP contribution < -0.4 is 5.32 Å². The Hall–Kier alpha value is -1.26. The Bertz CT molecular complexity index is 350. The second-order valence-corrected chi connectivity index (χ2v) is 6.61. The fourth-order valence-electron chi connectivity index (χ4n) is 2.49. The molecule has 1 N–H and O–H groups in total. The summed E-state index contributed by atoms with van der Waals surface area (Å²) in [5, 5.41) is 2.78. The molecule has 1 heterocycles. The molecule has 1 aliphatic heterocycles. The van der Waals surface area contributed by atoms with Crippen LogP contribution in [0.2, 0.25) is 0 Å². The lowest BCUT2D eigenvalue weighted by molar-refractivity contribution is -0.135. The topological polar surface area (TPSA) is 58.6 Å². The molecule has 5 nitrogen and oxygen atoms in total. The van der Waals surface area contributed by atoms with Crippen molar-refractivity contribution in [2.45, 2.75) is 65.5 Å². The first-order chi connectivity index (χ1) is 9.23. The second-order valence-electron chi connectivity index (χ2n) is 6.61. The Kier molecular flexibility index (Phi) is 5.84. The van der Waals surface area contributed by atoms with E-state index >= 15 is 0 Å². The third-order valence-corrected chi connectivity index (χ3v) is 3.48. The van der Waals surface area contributed by atoms with E-state index in [2.05, 4.69) is 12.2 Å². The lowest BCUT2D eigenvalue weighted by Crippen LogP contribution is -2.51. The average Bonchev–Trinajstić information content (AvgIpc) is 2.33. The number of nitrogens with zero attached hydrogens (tertiary/aromatic N) is 1. The van der Waals surface area contributed by atoms with Crippen LogP contribution in [0.1, 0.15) is 53.9 Å². The van der Waals surface area contributed by atoms with Gasteiger partial charge in [-0.05, 0) is 39.5 Å². The maximum Gasteiger partial charge on any atom is 0.407 e. The fourth-order valence-corrected chi connectivity index (χ4v) is 2.49. The molecule has 20 heavy (non-hydrogen) atoms. The number of hydrogen-bond acceptors (Lipinski definition) is 3. The number of carbonyl (C=O) groups is 2. The molecular weight excluding hydrogens is 256 g/mol. The van der Waals surface area contributed by atoms with Crippen molar-refractivity contribution in [3.8, 4) is 0 Å². The highest BCUT2D eigenvalue weighted by atomic mass is 16.6. The van der Waals surface area contributed by atoms with Crippen molar-refractivity contribution < 1.29 is 14.3 Å². The molecule has 5 heteroatoms. The third-order valence-electron chi connectivity index (χ3n) is 3.48. The first-order valence-electron chi connectivity index (χ1n) is 7.49. The van der Waals surface area contributed by atoms with E-state index in [-0.39, 0.29) is 11.9 Å². The quantitative estimate of drug-likeness (QED) is 0.866. The average molecular weight is 284 g/mol. The molecular formula is C15H28N2O3. The molecule has 0 aliphatic carbocycles. The number of rotatable bonds is 3. The van der Waals surface area contributed by atoms with Crippen LogP contribution in [0.5, 0.6) is 0 Å². The summed E-state index contributed by atoms with van der Waals surface area (Å²) in [5.41, 5.74) is -0.497. The first-order valence-corrected chi connectivity index (χ1v) is 7.49. The highest BCUT2D eigenvalue weighted by Crippen LogP contribution is 2.22. The van der Waals surface area contributed by atoms with Crippen LogP contribution in [-0.4, -0.2) is 41.6 Å². The summed E-state index contributed by atoms with van der Waals surface area (Å²) in [6.45, 7) is 10.8. The van der Waals surface area contributed by atoms with Crippen molar-refractivity contribution in [2.75, 3.05) is 13.1 Å². The Morgan fingerprint density at radius 2 is 2.00 bits per heavy atom. The molecule has 2 amide bonds. The zero-order valence-electron chi connectivity index (χ0n) is 13.4. The van der Waals surface area contributed by atoms with Gasteiger partial charge < -0.3 is 15.0 Å². The van der Waals surface area contributed by atoms with E-state index < -0.39 is 11.7 Å². The Morgan fingerprint density at radius 3 is 2.55 bits per heavy atom. The van der Waals surface area contributed by atoms with Gasteiger partial charge in [-0.25, -0.2) is 4.79 Å². The van der Waals surface area contributed by atoms with Gasteiger partial charge in [-0.1, -0.05) is 13.8 Å². The van der Waals surface area contributed by atoms with Gasteiger partial charge in [-0.15, -0.1) is 0 Å². The van der Waals surface area contributed by atoms with Gasteiger partial charge in [-0.3, -0.25) is 4.79 Å². The third kappa shape index (κ3) is 5.39. The molecule has 0 bridgehead atoms. The molecule has 0 aromatic carbocycles. The molecule has 116 valence electrons. The van der Waals surface area contributed by atoms with Gasteiger partial charge in [0.05, 0.1) is 0 Å². The zero-order chi connectivity index (χ0) is 15.3. The largest absolute Gasteiger partial charge is 0.444 e. The smallest absolute Gasteiger partial charge is 0.407 e. The first kappa shape index (κ1) is 16.8. The minimum Gasteiger partial charge on any atom is -0.444 e. The molecule has 0 spiro atoms. The van der Waals surface area contributed by atoms with Crippen LogP contribution >= 0.6 is 0 Å². The van der Waals surface area contributed by atoms with Gasteiger partial charge >= 0.3 is 6.09 Å². The van der Waals surface area contributed by atoms with Crippen molar-refractivity contribution in [3.05, 3.63) is 0 Å². The minimum absolute atomic E-state index is 0.0821. The number of piperidine rings is 1. The summed E-state index contributed by atoms with van der Waals surface area (Å²) >= 11 is 0. The van der Waals surface area contributed by atoms with E-state index in [0.29, 0.717) is 18.9 Å². The van der Waals surface area contributed by atoms with E-state index in [9.17, 15) is 9.59 Å². The molecule has 1 saturated heterocycles. The molecule has 2 unspecified atom stereocenters. The maximum atomic E-state index is 11.9. The molecule has 0 aromatic heterocycles. The van der Waals surface area contributed by atoms with Crippen molar-refractivity contribution in [3.63, 3.8) is 0 Å². The van der Waals surface area contributed by atoms with E-state index in [0.717, 1.165) is 19.4 Å². The molecule has 1 fully saturated rings. The summed E-state index contributed by atoms with van der Waals surface area (Å²) in [4.78, 5) is 25.5. The van der Waals surface area contributed by atoms with Crippen LogP contribution in [0.15, 0.2) is 0 Å². The molecule has 1 rings (SSSR count). The Labute approximate surface area is 122 Å². The van der Waals surface area contributed by atoms with Gasteiger partial charge in [0.2, 0.25) is 5.91 Å². The van der Waals surface area contributed by atoms with Crippen LogP contribution in [0, 0.1) is 5.92 Å². The number of alkyl carbamates (subject to hydrolysis) is 1. The van der Waals surface area contributed by atoms with Crippen LogP contribution in [0.4, 0.5) is 4.79 Å². The highest BCUT2D eigenvalue weighted by molar-refractivity contribution is 5.76. The van der Waals surface area contributed by atoms with Crippen molar-refractivity contribution in [1.82, 2.24) is 10.2 Å². The Morgan fingerprint density at radius 1 is 1.35 bits per heavy atom. The predicted molar refractivity (Wildman–Crippen MR) is 78.4 cm³/mol. The summed E-state index contributed by atoms with van der Waals surface area (Å²) < 4.78 is 5.22. The normalized spacial score (nSPS) is 23.4. The number of likely N-dealkylation sites (tertiary alicyclic amines) is 1. The summed E-state index contributed by atoms with van der Waals surface area (Å²) in [5.74, 6) is 0.745. The number of amides is 2. The molecule has 2 atom stereocenters. The molecule has 0 aromatic rings. The summed E-state index contributed by atoms with van der Waals surface area (Å²) in [7, 11) is 0. The SMILES string of the molecule is CCC(=O)N1CCC(C)CC1CNC(=O)OC(C)(C)C. The fraction of sp³-hybridized carbons (Fsp3) is 0.867. The van der Waals surface area contributed by atoms with Gasteiger partial charge in [0, 0.05) is 25.6 Å². The van der Waals surface area contributed by atoms with Gasteiger partial charge in [-0.2, -0.15) is 0 Å². The number of ether oxygens (including phenoxy) is 1. The van der Waals surface area contributed by atoms with Crippen LogP contribution in [0.3, 0.4) is 0 Å². The van der Waals surface area contributed by atoms with E-state index in [1.54, 1.807) is 0 Å². The minimum atomic E-state index is -0.497. The van der Waals surface area contributed by atoms with Gasteiger partial charge in [0.15, 0.2) is 0 Å². The monoisotopic (exact) mass is 284 g/mol. The van der Waals surface area contributed by atoms with E-state index in [4.69, 9.17) is 4.74 Å². The zero-order valence-corrected chi connectivity index (χ0v) is 13.4. The molecule has 0 saturated carbocycles. The van der Waals surface area contributed by atoms with Gasteiger partial charge in [0.25, 0.3) is 0 Å². The van der Waals surface area contributed by atoms with Crippen molar-refractivity contribution in [2.24, 2.45) is 5.92 Å². The van der Waals surface area contributed by atoms with E-state index in [1.165, 1.54) is 0 Å². The highest BCUT2D eigenvalue weighted by Gasteiger charge is 2.29. The summed E-state index contributed by atoms with van der Waals surface area (Å²) in [6, 6.07) is 0.0821. The van der Waals surface area contributed by atoms with E-state index in [1.807, 2.05) is 32.6 Å². The standard InChI is InChI=1S/C15H28N2O3/c1-6-13(18)17-8-7-11(2)9-12(17)10-16-14(19)20-15(3,4)5/h11-12H,6-10H2,1-5H3,(H,16,19).